The number of anilines is 1. The van der Waals surface area contributed by atoms with Crippen molar-refractivity contribution in [2.75, 3.05) is 31.2 Å². The van der Waals surface area contributed by atoms with Crippen LogP contribution in [0.2, 0.25) is 0 Å². The van der Waals surface area contributed by atoms with E-state index in [9.17, 15) is 14.4 Å². The molecule has 9 nitrogen and oxygen atoms in total. The van der Waals surface area contributed by atoms with Gasteiger partial charge in [-0.3, -0.25) is 9.78 Å². The van der Waals surface area contributed by atoms with Crippen LogP contribution in [0.3, 0.4) is 0 Å². The molecule has 4 aromatic rings. The van der Waals surface area contributed by atoms with Gasteiger partial charge in [0.2, 0.25) is 0 Å². The van der Waals surface area contributed by atoms with E-state index in [0.717, 1.165) is 22.3 Å². The second-order valence-electron chi connectivity index (χ2n) is 9.13. The van der Waals surface area contributed by atoms with Crippen LogP contribution in [0.1, 0.15) is 27.5 Å². The molecule has 41 heavy (non-hydrogen) atoms. The zero-order chi connectivity index (χ0) is 28.6. The van der Waals surface area contributed by atoms with E-state index in [1.807, 2.05) is 66.7 Å². The normalized spacial score (nSPS) is 11.6. The highest BCUT2D eigenvalue weighted by Crippen LogP contribution is 2.42. The smallest absolute Gasteiger partial charge is 0.407 e. The number of ether oxygens (including phenoxy) is 2. The van der Waals surface area contributed by atoms with Gasteiger partial charge in [-0.15, -0.1) is 0 Å². The summed E-state index contributed by atoms with van der Waals surface area (Å²) < 4.78 is 11.2. The van der Waals surface area contributed by atoms with Gasteiger partial charge in [0, 0.05) is 22.6 Å². The summed E-state index contributed by atoms with van der Waals surface area (Å²) in [5.74, 6) is -0.277. The third-order valence-electron chi connectivity index (χ3n) is 6.51. The van der Waals surface area contributed by atoms with Gasteiger partial charge in [-0.25, -0.2) is 9.59 Å². The number of carbonyl (C=O) groups is 3. The third-order valence-corrected chi connectivity index (χ3v) is 6.95. The van der Waals surface area contributed by atoms with Gasteiger partial charge in [-0.05, 0) is 56.4 Å². The molecule has 3 aromatic carbocycles. The molecular formula is C31H27BrN4O5. The van der Waals surface area contributed by atoms with Crippen LogP contribution in [-0.4, -0.2) is 49.4 Å². The molecule has 0 atom stereocenters. The van der Waals surface area contributed by atoms with Crippen LogP contribution in [0.15, 0.2) is 102 Å². The Hall–Kier alpha value is -4.70. The molecule has 5 rings (SSSR count). The number of amides is 3. The minimum Gasteiger partial charge on any atom is -0.448 e. The standard InChI is InChI=1S/C31H27BrN4O5/c32-22-18-21(19-33-20-22)29(37)36(23-8-2-1-3-9-23)15-17-41-30(38)34-14-16-40-31(39)35-28-26-12-6-4-10-24(26)25-11-5-7-13-27(25)28/h1-13,18-20,28H,14-17H2,(H,34,38)(H,35,39). The summed E-state index contributed by atoms with van der Waals surface area (Å²) in [4.78, 5) is 43.5. The summed E-state index contributed by atoms with van der Waals surface area (Å²) in [6.07, 6.45) is 1.81. The fourth-order valence-corrected chi connectivity index (χ4v) is 5.05. The Morgan fingerprint density at radius 3 is 2.12 bits per heavy atom. The molecule has 0 saturated carbocycles. The van der Waals surface area contributed by atoms with Crippen LogP contribution < -0.4 is 15.5 Å². The van der Waals surface area contributed by atoms with Gasteiger partial charge in [-0.2, -0.15) is 0 Å². The fraction of sp³-hybridized carbons (Fsp3) is 0.161. The number of hydrogen-bond donors (Lipinski definition) is 2. The topological polar surface area (TPSA) is 110 Å². The zero-order valence-corrected chi connectivity index (χ0v) is 23.5. The Morgan fingerprint density at radius 2 is 1.44 bits per heavy atom. The molecule has 0 saturated heterocycles. The first-order valence-corrected chi connectivity index (χ1v) is 13.8. The van der Waals surface area contributed by atoms with E-state index in [1.165, 1.54) is 11.1 Å². The van der Waals surface area contributed by atoms with Crippen molar-refractivity contribution in [3.8, 4) is 11.1 Å². The van der Waals surface area contributed by atoms with Crippen molar-refractivity contribution in [3.05, 3.63) is 118 Å². The van der Waals surface area contributed by atoms with Crippen LogP contribution >= 0.6 is 15.9 Å². The number of nitrogens with zero attached hydrogens (tertiary/aromatic N) is 2. The summed E-state index contributed by atoms with van der Waals surface area (Å²) >= 11 is 3.33. The minimum atomic E-state index is -0.683. The first-order chi connectivity index (χ1) is 20.0. The molecule has 0 unspecified atom stereocenters. The average Bonchev–Trinajstić information content (AvgIpc) is 3.31. The third kappa shape index (κ3) is 6.72. The van der Waals surface area contributed by atoms with Crippen LogP contribution in [0.5, 0.6) is 0 Å². The van der Waals surface area contributed by atoms with Crippen LogP contribution in [0.25, 0.3) is 11.1 Å². The predicted molar refractivity (Wildman–Crippen MR) is 158 cm³/mol. The van der Waals surface area contributed by atoms with E-state index < -0.39 is 12.2 Å². The van der Waals surface area contributed by atoms with Gasteiger partial charge in [-0.1, -0.05) is 66.7 Å². The molecular weight excluding hydrogens is 588 g/mol. The number of alkyl carbamates (subject to hydrolysis) is 2. The number of carbonyl (C=O) groups excluding carboxylic acids is 3. The van der Waals surface area contributed by atoms with E-state index in [2.05, 4.69) is 31.5 Å². The molecule has 1 aliphatic rings. The molecule has 10 heteroatoms. The lowest BCUT2D eigenvalue weighted by Gasteiger charge is -2.23. The summed E-state index contributed by atoms with van der Waals surface area (Å²) in [5.41, 5.74) is 5.23. The van der Waals surface area contributed by atoms with Crippen LogP contribution in [0, 0.1) is 0 Å². The molecule has 0 bridgehead atoms. The van der Waals surface area contributed by atoms with Crippen molar-refractivity contribution < 1.29 is 23.9 Å². The molecule has 0 aliphatic heterocycles. The van der Waals surface area contributed by atoms with E-state index >= 15 is 0 Å². The summed E-state index contributed by atoms with van der Waals surface area (Å²) in [5, 5.41) is 5.48. The largest absolute Gasteiger partial charge is 0.448 e. The van der Waals surface area contributed by atoms with E-state index in [-0.39, 0.29) is 38.3 Å². The summed E-state index contributed by atoms with van der Waals surface area (Å²) in [6.45, 7) is 0.109. The van der Waals surface area contributed by atoms with Crippen molar-refractivity contribution in [1.82, 2.24) is 15.6 Å². The van der Waals surface area contributed by atoms with Gasteiger partial charge in [0.05, 0.1) is 24.7 Å². The van der Waals surface area contributed by atoms with Crippen molar-refractivity contribution in [1.29, 1.82) is 0 Å². The molecule has 1 heterocycles. The maximum absolute atomic E-state index is 13.2. The van der Waals surface area contributed by atoms with Crippen LogP contribution in [-0.2, 0) is 9.47 Å². The van der Waals surface area contributed by atoms with Crippen molar-refractivity contribution in [2.24, 2.45) is 0 Å². The molecule has 1 aliphatic carbocycles. The van der Waals surface area contributed by atoms with Crippen molar-refractivity contribution in [2.45, 2.75) is 6.04 Å². The summed E-state index contributed by atoms with van der Waals surface area (Å²) in [7, 11) is 0. The molecule has 3 amide bonds. The first kappa shape index (κ1) is 27.9. The molecule has 0 spiro atoms. The lowest BCUT2D eigenvalue weighted by Crippen LogP contribution is -2.36. The van der Waals surface area contributed by atoms with Gasteiger partial charge in [0.15, 0.2) is 0 Å². The maximum atomic E-state index is 13.2. The summed E-state index contributed by atoms with van der Waals surface area (Å²) in [6, 6.07) is 26.3. The Balaban J connectivity index is 1.07. The Bertz CT molecular complexity index is 1500. The number of halogens is 1. The maximum Gasteiger partial charge on any atom is 0.407 e. The SMILES string of the molecule is O=C(NCCOC(=O)NC1c2ccccc2-c2ccccc21)OCCN(C(=O)c1cncc(Br)c1)c1ccccc1. The zero-order valence-electron chi connectivity index (χ0n) is 22.0. The molecule has 208 valence electrons. The molecule has 0 fully saturated rings. The highest BCUT2D eigenvalue weighted by atomic mass is 79.9. The quantitative estimate of drug-likeness (QED) is 0.234. The van der Waals surface area contributed by atoms with E-state index in [1.54, 1.807) is 24.4 Å². The second kappa shape index (κ2) is 13.1. The second-order valence-corrected chi connectivity index (χ2v) is 10.1. The predicted octanol–water partition coefficient (Wildman–Crippen LogP) is 5.71. The van der Waals surface area contributed by atoms with E-state index in [4.69, 9.17) is 9.47 Å². The Labute approximate surface area is 245 Å². The number of aromatic nitrogens is 1. The highest BCUT2D eigenvalue weighted by Gasteiger charge is 2.29. The number of benzene rings is 3. The van der Waals surface area contributed by atoms with Crippen LogP contribution in [0.4, 0.5) is 15.3 Å². The lowest BCUT2D eigenvalue weighted by atomic mass is 10.1. The first-order valence-electron chi connectivity index (χ1n) is 13.0. The highest BCUT2D eigenvalue weighted by molar-refractivity contribution is 9.10. The number of para-hydroxylation sites is 1. The number of nitrogens with one attached hydrogen (secondary N) is 2. The fourth-order valence-electron chi connectivity index (χ4n) is 4.69. The number of rotatable bonds is 9. The number of fused-ring (bicyclic) bond motifs is 3. The monoisotopic (exact) mass is 614 g/mol. The molecule has 0 radical (unpaired) electrons. The number of hydrogen-bond acceptors (Lipinski definition) is 6. The van der Waals surface area contributed by atoms with Gasteiger partial charge in [0.1, 0.15) is 13.2 Å². The lowest BCUT2D eigenvalue weighted by molar-refractivity contribution is 0.0972. The Kier molecular flexibility index (Phi) is 8.90. The Morgan fingerprint density at radius 1 is 0.805 bits per heavy atom. The van der Waals surface area contributed by atoms with Gasteiger partial charge < -0.3 is 25.0 Å². The van der Waals surface area contributed by atoms with Gasteiger partial charge in [0.25, 0.3) is 5.91 Å². The molecule has 2 N–H and O–H groups in total. The van der Waals surface area contributed by atoms with Gasteiger partial charge >= 0.3 is 12.2 Å². The van der Waals surface area contributed by atoms with Crippen molar-refractivity contribution in [3.63, 3.8) is 0 Å². The average molecular weight is 615 g/mol. The van der Waals surface area contributed by atoms with Crippen molar-refractivity contribution >= 4 is 39.7 Å². The van der Waals surface area contributed by atoms with E-state index in [0.29, 0.717) is 15.7 Å². The minimum absolute atomic E-state index is 0.0402. The number of pyridine rings is 1. The molecule has 1 aromatic heterocycles.